The van der Waals surface area contributed by atoms with Gasteiger partial charge in [-0.25, -0.2) is 4.99 Å². The van der Waals surface area contributed by atoms with Gasteiger partial charge in [0, 0.05) is 35.4 Å². The summed E-state index contributed by atoms with van der Waals surface area (Å²) in [5.74, 6) is 1.81. The summed E-state index contributed by atoms with van der Waals surface area (Å²) < 4.78 is 0. The molecule has 2 aliphatic heterocycles. The first-order chi connectivity index (χ1) is 15.2. The second-order valence-electron chi connectivity index (χ2n) is 9.32. The number of dihydropyridines is 1. The summed E-state index contributed by atoms with van der Waals surface area (Å²) in [5.41, 5.74) is 6.27. The molecule has 0 saturated heterocycles. The van der Waals surface area contributed by atoms with Gasteiger partial charge < -0.3 is 5.32 Å². The van der Waals surface area contributed by atoms with Crippen LogP contribution in [-0.2, 0) is 0 Å². The van der Waals surface area contributed by atoms with Crippen molar-refractivity contribution in [2.75, 3.05) is 6.54 Å². The number of allylic oxidation sites excluding steroid dienone is 4. The number of aliphatic imine (C=N–C) groups is 2. The summed E-state index contributed by atoms with van der Waals surface area (Å²) in [6.07, 6.45) is 24.1. The van der Waals surface area contributed by atoms with E-state index < -0.39 is 0 Å². The van der Waals surface area contributed by atoms with Crippen LogP contribution in [0.3, 0.4) is 0 Å². The Hall–Kier alpha value is -2.16. The second-order valence-corrected chi connectivity index (χ2v) is 9.32. The minimum atomic E-state index is 0.544. The van der Waals surface area contributed by atoms with E-state index in [1.807, 2.05) is 6.34 Å². The molecule has 0 radical (unpaired) electrons. The molecule has 2 heterocycles. The number of fused-ring (bicyclic) bond motifs is 2. The van der Waals surface area contributed by atoms with Crippen molar-refractivity contribution in [3.8, 4) is 0 Å². The zero-order valence-electron chi connectivity index (χ0n) is 19.5. The number of rotatable bonds is 2. The molecule has 3 nitrogen and oxygen atoms in total. The fourth-order valence-corrected chi connectivity index (χ4v) is 5.49. The van der Waals surface area contributed by atoms with Gasteiger partial charge in [-0.3, -0.25) is 4.99 Å². The van der Waals surface area contributed by atoms with Crippen molar-refractivity contribution in [1.29, 1.82) is 0 Å². The van der Waals surface area contributed by atoms with Crippen molar-refractivity contribution in [3.05, 3.63) is 60.5 Å². The molecular formula is C28H41N3. The Morgan fingerprint density at radius 1 is 0.968 bits per heavy atom. The third-order valence-electron chi connectivity index (χ3n) is 7.15. The van der Waals surface area contributed by atoms with E-state index in [4.69, 9.17) is 0 Å². The lowest BCUT2D eigenvalue weighted by molar-refractivity contribution is 0.292. The van der Waals surface area contributed by atoms with Crippen molar-refractivity contribution in [3.63, 3.8) is 0 Å². The van der Waals surface area contributed by atoms with E-state index in [-0.39, 0.29) is 0 Å². The Morgan fingerprint density at radius 3 is 2.23 bits per heavy atom. The van der Waals surface area contributed by atoms with Crippen molar-refractivity contribution < 1.29 is 0 Å². The van der Waals surface area contributed by atoms with Crippen LogP contribution in [0.2, 0.25) is 0 Å². The van der Waals surface area contributed by atoms with Gasteiger partial charge in [0.25, 0.3) is 0 Å². The molecule has 2 saturated carbocycles. The molecule has 2 fully saturated rings. The van der Waals surface area contributed by atoms with Gasteiger partial charge in [-0.1, -0.05) is 75.7 Å². The zero-order chi connectivity index (χ0) is 22.1. The third-order valence-corrected chi connectivity index (χ3v) is 7.15. The van der Waals surface area contributed by atoms with E-state index in [2.05, 4.69) is 60.2 Å². The maximum absolute atomic E-state index is 4.68. The lowest BCUT2D eigenvalue weighted by atomic mass is 9.67. The van der Waals surface area contributed by atoms with Crippen molar-refractivity contribution >= 4 is 12.1 Å². The van der Waals surface area contributed by atoms with Crippen LogP contribution < -0.4 is 5.32 Å². The first kappa shape index (κ1) is 23.5. The summed E-state index contributed by atoms with van der Waals surface area (Å²) in [4.78, 5) is 9.29. The number of nitrogens with one attached hydrogen (secondary N) is 1. The monoisotopic (exact) mass is 419 g/mol. The molecule has 0 amide bonds. The molecule has 0 bridgehead atoms. The molecule has 0 aromatic carbocycles. The molecule has 0 aromatic heterocycles. The van der Waals surface area contributed by atoms with Crippen LogP contribution in [0.15, 0.2) is 70.5 Å². The molecule has 5 rings (SSSR count). The smallest absolute Gasteiger partial charge is 0.0926 e. The van der Waals surface area contributed by atoms with E-state index in [1.54, 1.807) is 5.57 Å². The number of hydrogen-bond acceptors (Lipinski definition) is 3. The Balaban J connectivity index is 0.000000291. The Bertz CT molecular complexity index is 765. The van der Waals surface area contributed by atoms with E-state index in [1.165, 1.54) is 75.5 Å². The maximum Gasteiger partial charge on any atom is 0.0926 e. The molecular weight excluding hydrogens is 378 g/mol. The van der Waals surface area contributed by atoms with Crippen LogP contribution in [0.1, 0.15) is 77.6 Å². The summed E-state index contributed by atoms with van der Waals surface area (Å²) >= 11 is 0. The molecule has 3 unspecified atom stereocenters. The van der Waals surface area contributed by atoms with E-state index in [9.17, 15) is 0 Å². The molecule has 0 aromatic rings. The highest BCUT2D eigenvalue weighted by atomic mass is 15.0. The number of hydrogen-bond donors (Lipinski definition) is 1. The van der Waals surface area contributed by atoms with E-state index in [0.717, 1.165) is 24.4 Å². The lowest BCUT2D eigenvalue weighted by Gasteiger charge is -2.39. The van der Waals surface area contributed by atoms with Crippen LogP contribution in [0.25, 0.3) is 0 Å². The highest BCUT2D eigenvalue weighted by Crippen LogP contribution is 2.47. The van der Waals surface area contributed by atoms with Gasteiger partial charge in [0.2, 0.25) is 0 Å². The SMILES string of the molecule is C1CCCCC1.C=C.C=C1NC=NC2=C1C=C(CC1C=CC(C)=NC1)C1CCCCC21. The largest absolute Gasteiger partial charge is 0.346 e. The average Bonchev–Trinajstić information content (AvgIpc) is 2.84. The third kappa shape index (κ3) is 6.18. The van der Waals surface area contributed by atoms with Gasteiger partial charge in [-0.15, -0.1) is 13.2 Å². The average molecular weight is 420 g/mol. The Kier molecular flexibility index (Phi) is 9.12. The van der Waals surface area contributed by atoms with Crippen LogP contribution >= 0.6 is 0 Å². The van der Waals surface area contributed by atoms with Gasteiger partial charge in [0.1, 0.15) is 0 Å². The second kappa shape index (κ2) is 12.0. The molecule has 31 heavy (non-hydrogen) atoms. The first-order valence-electron chi connectivity index (χ1n) is 12.3. The molecule has 168 valence electrons. The zero-order valence-corrected chi connectivity index (χ0v) is 19.5. The fourth-order valence-electron chi connectivity index (χ4n) is 5.49. The lowest BCUT2D eigenvalue weighted by Crippen LogP contribution is -2.31. The van der Waals surface area contributed by atoms with Gasteiger partial charge in [-0.05, 0) is 38.2 Å². The van der Waals surface area contributed by atoms with Gasteiger partial charge >= 0.3 is 0 Å². The van der Waals surface area contributed by atoms with Crippen molar-refractivity contribution in [2.24, 2.45) is 27.7 Å². The first-order valence-corrected chi connectivity index (χ1v) is 12.3. The highest BCUT2D eigenvalue weighted by molar-refractivity contribution is 5.93. The van der Waals surface area contributed by atoms with Gasteiger partial charge in [0.15, 0.2) is 0 Å². The Morgan fingerprint density at radius 2 is 1.61 bits per heavy atom. The van der Waals surface area contributed by atoms with Crippen LogP contribution in [0.4, 0.5) is 0 Å². The summed E-state index contributed by atoms with van der Waals surface area (Å²) in [5, 5.41) is 3.18. The quantitative estimate of drug-likeness (QED) is 0.468. The van der Waals surface area contributed by atoms with Crippen LogP contribution in [0.5, 0.6) is 0 Å². The summed E-state index contributed by atoms with van der Waals surface area (Å²) in [6.45, 7) is 13.2. The summed E-state index contributed by atoms with van der Waals surface area (Å²) in [6, 6.07) is 0. The Labute approximate surface area is 189 Å². The van der Waals surface area contributed by atoms with Crippen molar-refractivity contribution in [2.45, 2.75) is 77.6 Å². The predicted molar refractivity (Wildman–Crippen MR) is 136 cm³/mol. The maximum atomic E-state index is 4.68. The fraction of sp³-hybridized carbons (Fsp3) is 0.571. The molecule has 3 heteroatoms. The van der Waals surface area contributed by atoms with Crippen LogP contribution in [0, 0.1) is 17.8 Å². The van der Waals surface area contributed by atoms with Gasteiger partial charge in [0.05, 0.1) is 12.0 Å². The predicted octanol–water partition coefficient (Wildman–Crippen LogP) is 7.31. The van der Waals surface area contributed by atoms with Crippen LogP contribution in [-0.4, -0.2) is 18.6 Å². The minimum absolute atomic E-state index is 0.544. The topological polar surface area (TPSA) is 36.8 Å². The molecule has 5 aliphatic rings. The van der Waals surface area contributed by atoms with Gasteiger partial charge in [-0.2, -0.15) is 0 Å². The molecule has 1 N–H and O–H groups in total. The van der Waals surface area contributed by atoms with Crippen molar-refractivity contribution in [1.82, 2.24) is 5.32 Å². The highest BCUT2D eigenvalue weighted by Gasteiger charge is 2.36. The number of nitrogens with zero attached hydrogens (tertiary/aromatic N) is 2. The summed E-state index contributed by atoms with van der Waals surface area (Å²) in [7, 11) is 0. The van der Waals surface area contributed by atoms with E-state index in [0.29, 0.717) is 17.8 Å². The standard InChI is InChI=1S/C20H25N3.C6H12.C2H4/c1-13-7-8-15(11-21-13)9-16-10-19-14(2)22-12-23-20(19)18-6-4-3-5-17(16)18;1-2-4-6-5-3-1;1-2/h7-8,10,12,15,17-18H,2-6,9,11H2,1H3,(H,22,23);1-6H2;1-2H2. The molecule has 3 atom stereocenters. The molecule has 0 spiro atoms. The van der Waals surface area contributed by atoms with E-state index >= 15 is 0 Å². The molecule has 3 aliphatic carbocycles. The normalized spacial score (nSPS) is 29.1. The minimum Gasteiger partial charge on any atom is -0.346 e.